The first-order valence-corrected chi connectivity index (χ1v) is 8.06. The Balaban J connectivity index is 1.53. The van der Waals surface area contributed by atoms with Crippen molar-refractivity contribution in [3.8, 4) is 5.75 Å². The number of benzene rings is 2. The number of hydrogen-bond acceptors (Lipinski definition) is 3. The third kappa shape index (κ3) is 4.15. The molecule has 1 aliphatic rings. The van der Waals surface area contributed by atoms with Crippen LogP contribution in [0.2, 0.25) is 0 Å². The summed E-state index contributed by atoms with van der Waals surface area (Å²) in [6, 6.07) is 13.3. The second-order valence-corrected chi connectivity index (χ2v) is 6.03. The average molecular weight is 342 g/mol. The van der Waals surface area contributed by atoms with E-state index < -0.39 is 5.82 Å². The Kier molecular flexibility index (Phi) is 4.97. The number of amides is 2. The molecule has 1 saturated heterocycles. The van der Waals surface area contributed by atoms with E-state index in [4.69, 9.17) is 4.74 Å². The highest BCUT2D eigenvalue weighted by molar-refractivity contribution is 5.96. The largest absolute Gasteiger partial charge is 0.481 e. The summed E-state index contributed by atoms with van der Waals surface area (Å²) in [5, 5.41) is 2.76. The molecule has 2 aromatic carbocycles. The molecule has 1 fully saturated rings. The lowest BCUT2D eigenvalue weighted by molar-refractivity contribution is -0.123. The van der Waals surface area contributed by atoms with Gasteiger partial charge in [-0.1, -0.05) is 29.8 Å². The molecule has 1 aliphatic heterocycles. The monoisotopic (exact) mass is 342 g/mol. The van der Waals surface area contributed by atoms with Gasteiger partial charge in [-0.2, -0.15) is 0 Å². The number of rotatable bonds is 5. The van der Waals surface area contributed by atoms with Gasteiger partial charge in [0, 0.05) is 18.7 Å². The van der Waals surface area contributed by atoms with E-state index in [9.17, 15) is 14.0 Å². The molecule has 0 bridgehead atoms. The van der Waals surface area contributed by atoms with Gasteiger partial charge in [-0.05, 0) is 31.2 Å². The maximum Gasteiger partial charge on any atom is 0.258 e. The van der Waals surface area contributed by atoms with Crippen LogP contribution in [0.25, 0.3) is 0 Å². The van der Waals surface area contributed by atoms with Gasteiger partial charge in [0.1, 0.15) is 0 Å². The van der Waals surface area contributed by atoms with E-state index in [1.165, 1.54) is 12.1 Å². The Labute approximate surface area is 145 Å². The summed E-state index contributed by atoms with van der Waals surface area (Å²) in [5.41, 5.74) is 1.93. The molecule has 5 nitrogen and oxygen atoms in total. The van der Waals surface area contributed by atoms with E-state index in [0.29, 0.717) is 6.54 Å². The highest BCUT2D eigenvalue weighted by Gasteiger charge is 2.31. The molecule has 2 amide bonds. The van der Waals surface area contributed by atoms with E-state index in [1.54, 1.807) is 17.0 Å². The number of anilines is 1. The fourth-order valence-electron chi connectivity index (χ4n) is 2.75. The second-order valence-electron chi connectivity index (χ2n) is 6.03. The van der Waals surface area contributed by atoms with Gasteiger partial charge in [0.2, 0.25) is 5.91 Å². The summed E-state index contributed by atoms with van der Waals surface area (Å²) in [6.07, 6.45) is 0.235. The third-order valence-electron chi connectivity index (χ3n) is 4.03. The van der Waals surface area contributed by atoms with Crippen LogP contribution in [0.5, 0.6) is 5.75 Å². The highest BCUT2D eigenvalue weighted by Crippen LogP contribution is 2.22. The van der Waals surface area contributed by atoms with Crippen molar-refractivity contribution in [2.75, 3.05) is 18.1 Å². The van der Waals surface area contributed by atoms with Crippen molar-refractivity contribution in [3.63, 3.8) is 0 Å². The van der Waals surface area contributed by atoms with Gasteiger partial charge in [-0.15, -0.1) is 0 Å². The molecule has 1 N–H and O–H groups in total. The molecule has 2 aromatic rings. The van der Waals surface area contributed by atoms with Crippen LogP contribution in [0, 0.1) is 12.7 Å². The first-order valence-electron chi connectivity index (χ1n) is 8.06. The number of ether oxygens (including phenoxy) is 1. The minimum Gasteiger partial charge on any atom is -0.481 e. The Hall–Kier alpha value is -2.89. The summed E-state index contributed by atoms with van der Waals surface area (Å²) in [6.45, 7) is 2.09. The Morgan fingerprint density at radius 1 is 1.24 bits per heavy atom. The molecule has 3 rings (SSSR count). The Bertz CT molecular complexity index is 776. The molecule has 0 aromatic heterocycles. The fraction of sp³-hybridized carbons (Fsp3) is 0.263. The average Bonchev–Trinajstić information content (AvgIpc) is 2.95. The van der Waals surface area contributed by atoms with Gasteiger partial charge in [0.05, 0.1) is 6.04 Å². The predicted molar refractivity (Wildman–Crippen MR) is 92.0 cm³/mol. The number of carbonyl (C=O) groups is 2. The van der Waals surface area contributed by atoms with Crippen molar-refractivity contribution >= 4 is 17.5 Å². The minimum atomic E-state index is -0.517. The standard InChI is InChI=1S/C19H19FN2O3/c1-13-6-8-15(9-7-13)22-11-14(10-19(22)24)21-18(23)12-25-17-5-3-2-4-16(17)20/h2-9,14H,10-12H2,1H3,(H,21,23). The zero-order valence-electron chi connectivity index (χ0n) is 13.9. The molecular weight excluding hydrogens is 323 g/mol. The summed E-state index contributed by atoms with van der Waals surface area (Å²) in [5.74, 6) is -0.908. The molecule has 0 radical (unpaired) electrons. The number of para-hydroxylation sites is 1. The second kappa shape index (κ2) is 7.34. The summed E-state index contributed by atoms with van der Waals surface area (Å²) in [7, 11) is 0. The molecule has 1 unspecified atom stereocenters. The van der Waals surface area contributed by atoms with Crippen molar-refractivity contribution < 1.29 is 18.7 Å². The van der Waals surface area contributed by atoms with Gasteiger partial charge in [0.15, 0.2) is 18.2 Å². The summed E-state index contributed by atoms with van der Waals surface area (Å²) in [4.78, 5) is 25.8. The maximum absolute atomic E-state index is 13.5. The van der Waals surface area contributed by atoms with Crippen molar-refractivity contribution in [2.45, 2.75) is 19.4 Å². The lowest BCUT2D eigenvalue weighted by Crippen LogP contribution is -2.39. The zero-order chi connectivity index (χ0) is 17.8. The Morgan fingerprint density at radius 3 is 2.68 bits per heavy atom. The smallest absolute Gasteiger partial charge is 0.258 e. The predicted octanol–water partition coefficient (Wildman–Crippen LogP) is 2.43. The molecule has 1 atom stereocenters. The van der Waals surface area contributed by atoms with Crippen molar-refractivity contribution in [2.24, 2.45) is 0 Å². The van der Waals surface area contributed by atoms with Gasteiger partial charge >= 0.3 is 0 Å². The number of hydrogen-bond donors (Lipinski definition) is 1. The van der Waals surface area contributed by atoms with E-state index in [0.717, 1.165) is 11.3 Å². The molecule has 0 spiro atoms. The van der Waals surface area contributed by atoms with Crippen molar-refractivity contribution in [1.29, 1.82) is 0 Å². The van der Waals surface area contributed by atoms with Crippen LogP contribution in [-0.2, 0) is 9.59 Å². The molecule has 130 valence electrons. The van der Waals surface area contributed by atoms with Gasteiger partial charge in [0.25, 0.3) is 5.91 Å². The number of aryl methyl sites for hydroxylation is 1. The van der Waals surface area contributed by atoms with Crippen molar-refractivity contribution in [1.82, 2.24) is 5.32 Å². The van der Waals surface area contributed by atoms with Crippen LogP contribution in [0.15, 0.2) is 48.5 Å². The first-order chi connectivity index (χ1) is 12.0. The van der Waals surface area contributed by atoms with Gasteiger partial charge in [-0.25, -0.2) is 4.39 Å². The van der Waals surface area contributed by atoms with E-state index >= 15 is 0 Å². The number of halogens is 1. The van der Waals surface area contributed by atoms with Crippen LogP contribution in [0.1, 0.15) is 12.0 Å². The topological polar surface area (TPSA) is 58.6 Å². The van der Waals surface area contributed by atoms with Crippen LogP contribution in [0.3, 0.4) is 0 Å². The molecule has 0 aliphatic carbocycles. The number of nitrogens with zero attached hydrogens (tertiary/aromatic N) is 1. The minimum absolute atomic E-state index is 0.0291. The van der Waals surface area contributed by atoms with Crippen LogP contribution >= 0.6 is 0 Å². The van der Waals surface area contributed by atoms with Crippen LogP contribution in [-0.4, -0.2) is 31.0 Å². The normalized spacial score (nSPS) is 16.8. The van der Waals surface area contributed by atoms with E-state index in [1.807, 2.05) is 31.2 Å². The molecule has 0 saturated carbocycles. The number of nitrogens with one attached hydrogen (secondary N) is 1. The first kappa shape index (κ1) is 17.0. The zero-order valence-corrected chi connectivity index (χ0v) is 13.9. The van der Waals surface area contributed by atoms with Gasteiger partial charge in [-0.3, -0.25) is 9.59 Å². The molecule has 25 heavy (non-hydrogen) atoms. The quantitative estimate of drug-likeness (QED) is 0.908. The lowest BCUT2D eigenvalue weighted by atomic mass is 10.2. The van der Waals surface area contributed by atoms with E-state index in [-0.39, 0.29) is 36.6 Å². The lowest BCUT2D eigenvalue weighted by Gasteiger charge is -2.17. The van der Waals surface area contributed by atoms with Crippen LogP contribution < -0.4 is 15.0 Å². The summed E-state index contributed by atoms with van der Waals surface area (Å²) < 4.78 is 18.6. The van der Waals surface area contributed by atoms with E-state index in [2.05, 4.69) is 5.32 Å². The number of carbonyl (C=O) groups excluding carboxylic acids is 2. The summed E-state index contributed by atoms with van der Waals surface area (Å²) >= 11 is 0. The van der Waals surface area contributed by atoms with Gasteiger partial charge < -0.3 is 15.0 Å². The van der Waals surface area contributed by atoms with Crippen molar-refractivity contribution in [3.05, 3.63) is 59.9 Å². The fourth-order valence-corrected chi connectivity index (χ4v) is 2.75. The maximum atomic E-state index is 13.5. The molecule has 6 heteroatoms. The molecule has 1 heterocycles. The highest BCUT2D eigenvalue weighted by atomic mass is 19.1. The third-order valence-corrected chi connectivity index (χ3v) is 4.03. The SMILES string of the molecule is Cc1ccc(N2CC(NC(=O)COc3ccccc3F)CC2=O)cc1. The molecular formula is C19H19FN2O3. The van der Waals surface area contributed by atoms with Crippen LogP contribution in [0.4, 0.5) is 10.1 Å². The Morgan fingerprint density at radius 2 is 1.96 bits per heavy atom.